The van der Waals surface area contributed by atoms with Gasteiger partial charge in [0.25, 0.3) is 0 Å². The van der Waals surface area contributed by atoms with E-state index in [0.717, 1.165) is 22.0 Å². The molecule has 0 radical (unpaired) electrons. The third kappa shape index (κ3) is 4.64. The van der Waals surface area contributed by atoms with Gasteiger partial charge < -0.3 is 9.47 Å². The SMILES string of the molecule is CCc1n[nH]c(CCOc2ccc([SH2+])cc2)c1Oc1cc(C#N)cc(C#N)c1. The summed E-state index contributed by atoms with van der Waals surface area (Å²) in [6, 6.07) is 16.4. The maximum Gasteiger partial charge on any atom is 0.171 e. The lowest BCUT2D eigenvalue weighted by Gasteiger charge is -2.10. The summed E-state index contributed by atoms with van der Waals surface area (Å²) in [7, 11) is 0. The highest BCUT2D eigenvalue weighted by Crippen LogP contribution is 2.30. The Labute approximate surface area is 168 Å². The van der Waals surface area contributed by atoms with Gasteiger partial charge in [0.15, 0.2) is 10.6 Å². The fourth-order valence-corrected chi connectivity index (χ4v) is 2.83. The molecule has 0 fully saturated rings. The minimum atomic E-state index is 0.371. The van der Waals surface area contributed by atoms with Crippen LogP contribution in [0.3, 0.4) is 0 Å². The van der Waals surface area contributed by atoms with Crippen LogP contribution in [-0.4, -0.2) is 16.8 Å². The van der Waals surface area contributed by atoms with Crippen molar-refractivity contribution in [1.82, 2.24) is 10.2 Å². The Morgan fingerprint density at radius 2 is 1.71 bits per heavy atom. The van der Waals surface area contributed by atoms with E-state index >= 15 is 0 Å². The largest absolute Gasteiger partial charge is 0.493 e. The number of aromatic nitrogens is 2. The van der Waals surface area contributed by atoms with E-state index in [-0.39, 0.29) is 0 Å². The van der Waals surface area contributed by atoms with Crippen molar-refractivity contribution in [3.8, 4) is 29.4 Å². The van der Waals surface area contributed by atoms with E-state index in [9.17, 15) is 0 Å². The first-order valence-electron chi connectivity index (χ1n) is 8.76. The zero-order chi connectivity index (χ0) is 19.9. The third-order valence-corrected chi connectivity index (χ3v) is 4.39. The summed E-state index contributed by atoms with van der Waals surface area (Å²) in [4.78, 5) is 0.987. The molecular weight excluding hydrogens is 372 g/mol. The smallest absolute Gasteiger partial charge is 0.171 e. The second-order valence-electron chi connectivity index (χ2n) is 6.03. The maximum atomic E-state index is 9.15. The number of nitriles is 2. The molecule has 0 unspecified atom stereocenters. The second-order valence-corrected chi connectivity index (χ2v) is 6.60. The van der Waals surface area contributed by atoms with E-state index in [1.807, 2.05) is 43.3 Å². The number of hydrogen-bond acceptors (Lipinski definition) is 5. The highest BCUT2D eigenvalue weighted by molar-refractivity contribution is 7.58. The molecule has 140 valence electrons. The number of nitrogens with zero attached hydrogens (tertiary/aromatic N) is 3. The van der Waals surface area contributed by atoms with Gasteiger partial charge in [-0.3, -0.25) is 5.10 Å². The van der Waals surface area contributed by atoms with E-state index in [1.54, 1.807) is 12.1 Å². The number of H-pyrrole nitrogens is 1. The van der Waals surface area contributed by atoms with E-state index < -0.39 is 0 Å². The number of aromatic amines is 1. The number of benzene rings is 2. The van der Waals surface area contributed by atoms with Crippen molar-refractivity contribution >= 4 is 12.6 Å². The molecule has 0 atom stereocenters. The summed E-state index contributed by atoms with van der Waals surface area (Å²) < 4.78 is 11.8. The number of rotatable bonds is 7. The Hall–Kier alpha value is -3.42. The molecule has 1 heterocycles. The molecule has 7 heteroatoms. The summed E-state index contributed by atoms with van der Waals surface area (Å²) in [6.07, 6.45) is 1.25. The molecule has 1 aromatic heterocycles. The van der Waals surface area contributed by atoms with Crippen LogP contribution in [0.5, 0.6) is 17.2 Å². The Kier molecular flexibility index (Phi) is 6.21. The Morgan fingerprint density at radius 1 is 1.04 bits per heavy atom. The van der Waals surface area contributed by atoms with E-state index in [2.05, 4.69) is 22.8 Å². The molecule has 1 N–H and O–H groups in total. The predicted octanol–water partition coefficient (Wildman–Crippen LogP) is 3.50. The van der Waals surface area contributed by atoms with Gasteiger partial charge in [-0.1, -0.05) is 6.92 Å². The van der Waals surface area contributed by atoms with Crippen LogP contribution in [0, 0.1) is 22.7 Å². The number of hydrogen-bond donors (Lipinski definition) is 1. The van der Waals surface area contributed by atoms with Crippen LogP contribution in [0.4, 0.5) is 0 Å². The molecule has 0 aliphatic carbocycles. The lowest BCUT2D eigenvalue weighted by molar-refractivity contribution is 0.318. The Morgan fingerprint density at radius 3 is 2.32 bits per heavy atom. The minimum Gasteiger partial charge on any atom is -0.493 e. The van der Waals surface area contributed by atoms with Gasteiger partial charge >= 0.3 is 0 Å². The first kappa shape index (κ1) is 19.3. The van der Waals surface area contributed by atoms with Gasteiger partial charge in [-0.15, -0.1) is 0 Å². The molecule has 0 saturated heterocycles. The highest BCUT2D eigenvalue weighted by Gasteiger charge is 2.15. The Balaban J connectivity index is 1.76. The Bertz CT molecular complexity index is 1010. The zero-order valence-corrected chi connectivity index (χ0v) is 16.3. The van der Waals surface area contributed by atoms with Gasteiger partial charge in [0, 0.05) is 6.42 Å². The molecule has 28 heavy (non-hydrogen) atoms. The van der Waals surface area contributed by atoms with Gasteiger partial charge in [0.2, 0.25) is 0 Å². The fraction of sp³-hybridized carbons (Fsp3) is 0.190. The van der Waals surface area contributed by atoms with Gasteiger partial charge in [-0.05, 0) is 61.5 Å². The topological polar surface area (TPSA) is 94.7 Å². The molecule has 0 amide bonds. The van der Waals surface area contributed by atoms with Crippen LogP contribution in [0.1, 0.15) is 29.4 Å². The van der Waals surface area contributed by atoms with Crippen LogP contribution < -0.4 is 9.47 Å². The maximum absolute atomic E-state index is 9.15. The van der Waals surface area contributed by atoms with Gasteiger partial charge in [0.1, 0.15) is 17.2 Å². The van der Waals surface area contributed by atoms with E-state index in [1.165, 1.54) is 6.07 Å². The summed E-state index contributed by atoms with van der Waals surface area (Å²) >= 11 is 3.45. The number of nitrogens with one attached hydrogen (secondary N) is 1. The molecule has 3 rings (SSSR count). The standard InChI is InChI=1S/C21H18N4O2S/c1-2-19-21(27-17-10-14(12-22)9-15(11-17)13-23)20(25-24-19)7-8-26-16-3-5-18(28)6-4-16/h3-6,9-11,28H,2,7-8H2,1H3,(H,24,25)/p+1. The van der Waals surface area contributed by atoms with Crippen molar-refractivity contribution < 1.29 is 9.47 Å². The molecule has 6 nitrogen and oxygen atoms in total. The van der Waals surface area contributed by atoms with Crippen LogP contribution in [0.15, 0.2) is 47.4 Å². The molecule has 3 aromatic rings. The van der Waals surface area contributed by atoms with Gasteiger partial charge in [-0.2, -0.15) is 15.6 Å². The average Bonchev–Trinajstić information content (AvgIpc) is 3.10. The van der Waals surface area contributed by atoms with E-state index in [0.29, 0.717) is 42.1 Å². The first-order valence-corrected chi connectivity index (χ1v) is 9.26. The number of ether oxygens (including phenoxy) is 2. The highest BCUT2D eigenvalue weighted by atomic mass is 32.1. The summed E-state index contributed by atoms with van der Waals surface area (Å²) in [5, 5.41) is 25.6. The first-order chi connectivity index (χ1) is 13.6. The van der Waals surface area contributed by atoms with Crippen LogP contribution in [-0.2, 0) is 25.5 Å². The summed E-state index contributed by atoms with van der Waals surface area (Å²) in [5.41, 5.74) is 2.32. The van der Waals surface area contributed by atoms with Gasteiger partial charge in [0.05, 0.1) is 35.6 Å². The third-order valence-electron chi connectivity index (χ3n) is 4.06. The molecule has 0 aliphatic heterocycles. The average molecular weight is 391 g/mol. The van der Waals surface area contributed by atoms with Crippen molar-refractivity contribution in [3.05, 3.63) is 65.0 Å². The normalized spacial score (nSPS) is 10.1. The van der Waals surface area contributed by atoms with Crippen molar-refractivity contribution in [3.63, 3.8) is 0 Å². The lowest BCUT2D eigenvalue weighted by Crippen LogP contribution is -2.03. The molecule has 0 bridgehead atoms. The van der Waals surface area contributed by atoms with Crippen LogP contribution >= 0.6 is 0 Å². The minimum absolute atomic E-state index is 0.371. The molecule has 2 aromatic carbocycles. The molecular formula is C21H19N4O2S+. The molecule has 0 saturated carbocycles. The number of aryl methyl sites for hydroxylation is 1. The quantitative estimate of drug-likeness (QED) is 0.622. The van der Waals surface area contributed by atoms with Crippen molar-refractivity contribution in [1.29, 1.82) is 10.5 Å². The van der Waals surface area contributed by atoms with Crippen molar-refractivity contribution in [2.75, 3.05) is 6.61 Å². The second kappa shape index (κ2) is 8.98. The fourth-order valence-electron chi connectivity index (χ4n) is 2.67. The summed E-state index contributed by atoms with van der Waals surface area (Å²) in [6.45, 7) is 2.43. The van der Waals surface area contributed by atoms with Crippen molar-refractivity contribution in [2.45, 2.75) is 24.7 Å². The molecule has 0 aliphatic rings. The lowest BCUT2D eigenvalue weighted by atomic mass is 10.1. The van der Waals surface area contributed by atoms with E-state index in [4.69, 9.17) is 20.0 Å². The summed E-state index contributed by atoms with van der Waals surface area (Å²) in [5.74, 6) is 1.82. The van der Waals surface area contributed by atoms with Crippen LogP contribution in [0.2, 0.25) is 0 Å². The van der Waals surface area contributed by atoms with Crippen molar-refractivity contribution in [2.24, 2.45) is 0 Å². The monoisotopic (exact) mass is 391 g/mol. The van der Waals surface area contributed by atoms with Gasteiger partial charge in [-0.25, -0.2) is 0 Å². The molecule has 0 spiro atoms. The van der Waals surface area contributed by atoms with Crippen LogP contribution in [0.25, 0.3) is 0 Å². The predicted molar refractivity (Wildman–Crippen MR) is 108 cm³/mol. The zero-order valence-electron chi connectivity index (χ0n) is 15.3.